The Balaban J connectivity index is 2.03. The number of nitrogens with one attached hydrogen (secondary N) is 1. The molecule has 0 spiro atoms. The van der Waals surface area contributed by atoms with Gasteiger partial charge < -0.3 is 14.2 Å². The minimum atomic E-state index is -0.479. The van der Waals surface area contributed by atoms with E-state index >= 15 is 0 Å². The third kappa shape index (κ3) is 6.31. The zero-order valence-corrected chi connectivity index (χ0v) is 15.7. The zero-order chi connectivity index (χ0) is 19.6. The minimum Gasteiger partial charge on any atom is -0.493 e. The van der Waals surface area contributed by atoms with Crippen LogP contribution in [-0.4, -0.2) is 38.4 Å². The molecule has 0 unspecified atom stereocenters. The van der Waals surface area contributed by atoms with Crippen molar-refractivity contribution in [2.75, 3.05) is 20.3 Å². The lowest BCUT2D eigenvalue weighted by Gasteiger charge is -2.10. The van der Waals surface area contributed by atoms with Crippen LogP contribution in [0.15, 0.2) is 47.6 Å². The third-order valence-electron chi connectivity index (χ3n) is 3.31. The molecule has 0 aliphatic rings. The molecule has 0 fully saturated rings. The van der Waals surface area contributed by atoms with E-state index in [2.05, 4.69) is 10.5 Å². The number of hydrogen-bond donors (Lipinski definition) is 1. The van der Waals surface area contributed by atoms with Gasteiger partial charge in [-0.05, 0) is 48.9 Å². The summed E-state index contributed by atoms with van der Waals surface area (Å²) in [6.45, 7) is 1.75. The smallest absolute Gasteiger partial charge is 0.344 e. The number of methoxy groups -OCH3 is 1. The van der Waals surface area contributed by atoms with Crippen molar-refractivity contribution in [2.45, 2.75) is 6.92 Å². The highest BCUT2D eigenvalue weighted by Gasteiger charge is 2.09. The SMILES string of the molecule is CCOC(=O)COc1cc(/C=N/NC(=O)c2cccc(Cl)c2)ccc1OC. The summed E-state index contributed by atoms with van der Waals surface area (Å²) >= 11 is 5.86. The van der Waals surface area contributed by atoms with Gasteiger partial charge in [0.15, 0.2) is 18.1 Å². The second kappa shape index (κ2) is 10.2. The maximum Gasteiger partial charge on any atom is 0.344 e. The van der Waals surface area contributed by atoms with Gasteiger partial charge in [-0.25, -0.2) is 10.2 Å². The van der Waals surface area contributed by atoms with Gasteiger partial charge >= 0.3 is 5.97 Å². The first-order valence-corrected chi connectivity index (χ1v) is 8.46. The first kappa shape index (κ1) is 20.3. The molecule has 0 saturated heterocycles. The molecule has 2 rings (SSSR count). The number of esters is 1. The van der Waals surface area contributed by atoms with Crippen LogP contribution in [0.1, 0.15) is 22.8 Å². The van der Waals surface area contributed by atoms with E-state index in [1.54, 1.807) is 49.4 Å². The van der Waals surface area contributed by atoms with Crippen molar-refractivity contribution in [2.24, 2.45) is 5.10 Å². The van der Waals surface area contributed by atoms with Gasteiger partial charge in [0.05, 0.1) is 19.9 Å². The lowest BCUT2D eigenvalue weighted by atomic mass is 10.2. The van der Waals surface area contributed by atoms with Crippen molar-refractivity contribution in [1.82, 2.24) is 5.43 Å². The second-order valence-corrected chi connectivity index (χ2v) is 5.65. The number of halogens is 1. The zero-order valence-electron chi connectivity index (χ0n) is 14.9. The largest absolute Gasteiger partial charge is 0.493 e. The summed E-state index contributed by atoms with van der Waals surface area (Å²) in [6, 6.07) is 11.6. The Morgan fingerprint density at radius 2 is 2.00 bits per heavy atom. The number of rotatable bonds is 8. The van der Waals surface area contributed by atoms with E-state index in [4.69, 9.17) is 25.8 Å². The monoisotopic (exact) mass is 390 g/mol. The molecule has 0 saturated carbocycles. The third-order valence-corrected chi connectivity index (χ3v) is 3.54. The van der Waals surface area contributed by atoms with Gasteiger partial charge in [0, 0.05) is 10.6 Å². The molecule has 1 amide bonds. The van der Waals surface area contributed by atoms with Crippen molar-refractivity contribution in [3.05, 3.63) is 58.6 Å². The summed E-state index contributed by atoms with van der Waals surface area (Å²) in [5, 5.41) is 4.38. The first-order chi connectivity index (χ1) is 13.0. The number of benzene rings is 2. The standard InChI is InChI=1S/C19H19ClN2O5/c1-3-26-18(23)12-27-17-9-13(7-8-16(17)25-2)11-21-22-19(24)14-5-4-6-15(20)10-14/h4-11H,3,12H2,1-2H3,(H,22,24)/b21-11+. The highest BCUT2D eigenvalue weighted by molar-refractivity contribution is 6.30. The van der Waals surface area contributed by atoms with E-state index < -0.39 is 5.97 Å². The van der Waals surface area contributed by atoms with Gasteiger partial charge in [-0.3, -0.25) is 4.79 Å². The fraction of sp³-hybridized carbons (Fsp3) is 0.211. The molecule has 0 bridgehead atoms. The lowest BCUT2D eigenvalue weighted by Crippen LogP contribution is -2.17. The van der Waals surface area contributed by atoms with Gasteiger partial charge in [0.1, 0.15) is 0 Å². The normalized spacial score (nSPS) is 10.5. The molecular weight excluding hydrogens is 372 g/mol. The van der Waals surface area contributed by atoms with Crippen LogP contribution in [0.2, 0.25) is 5.02 Å². The Kier molecular flexibility index (Phi) is 7.63. The van der Waals surface area contributed by atoms with E-state index in [-0.39, 0.29) is 19.1 Å². The number of carbonyl (C=O) groups is 2. The van der Waals surface area contributed by atoms with Gasteiger partial charge in [0.25, 0.3) is 5.91 Å². The predicted molar refractivity (Wildman–Crippen MR) is 102 cm³/mol. The summed E-state index contributed by atoms with van der Waals surface area (Å²) in [6.07, 6.45) is 1.44. The Morgan fingerprint density at radius 1 is 1.19 bits per heavy atom. The lowest BCUT2D eigenvalue weighted by molar-refractivity contribution is -0.145. The molecule has 2 aromatic carbocycles. The molecule has 0 aliphatic heterocycles. The Labute approximate surface area is 161 Å². The van der Waals surface area contributed by atoms with Crippen LogP contribution < -0.4 is 14.9 Å². The van der Waals surface area contributed by atoms with E-state index in [0.717, 1.165) is 0 Å². The summed E-state index contributed by atoms with van der Waals surface area (Å²) in [4.78, 5) is 23.4. The molecule has 8 heteroatoms. The molecule has 0 atom stereocenters. The fourth-order valence-corrected chi connectivity index (χ4v) is 2.28. The van der Waals surface area contributed by atoms with Gasteiger partial charge in [-0.2, -0.15) is 5.10 Å². The molecule has 1 N–H and O–H groups in total. The molecule has 0 aromatic heterocycles. The van der Waals surface area contributed by atoms with Crippen LogP contribution in [0.4, 0.5) is 0 Å². The summed E-state index contributed by atoms with van der Waals surface area (Å²) in [5.74, 6) is -0.0523. The van der Waals surface area contributed by atoms with E-state index in [1.165, 1.54) is 13.3 Å². The van der Waals surface area contributed by atoms with Crippen molar-refractivity contribution < 1.29 is 23.8 Å². The fourth-order valence-electron chi connectivity index (χ4n) is 2.09. The average Bonchev–Trinajstić information content (AvgIpc) is 2.66. The van der Waals surface area contributed by atoms with Crippen molar-refractivity contribution in [3.63, 3.8) is 0 Å². The van der Waals surface area contributed by atoms with Crippen LogP contribution in [0.25, 0.3) is 0 Å². The summed E-state index contributed by atoms with van der Waals surface area (Å²) in [5.41, 5.74) is 3.45. The molecule has 0 aliphatic carbocycles. The quantitative estimate of drug-likeness (QED) is 0.425. The minimum absolute atomic E-state index is 0.240. The first-order valence-electron chi connectivity index (χ1n) is 8.09. The summed E-state index contributed by atoms with van der Waals surface area (Å²) in [7, 11) is 1.49. The summed E-state index contributed by atoms with van der Waals surface area (Å²) < 4.78 is 15.5. The highest BCUT2D eigenvalue weighted by atomic mass is 35.5. The van der Waals surface area contributed by atoms with E-state index in [9.17, 15) is 9.59 Å². The maximum absolute atomic E-state index is 12.0. The molecule has 142 valence electrons. The second-order valence-electron chi connectivity index (χ2n) is 5.21. The molecule has 0 heterocycles. The number of nitrogens with zero attached hydrogens (tertiary/aromatic N) is 1. The molecule has 7 nitrogen and oxygen atoms in total. The maximum atomic E-state index is 12.0. The number of carbonyl (C=O) groups excluding carboxylic acids is 2. The van der Waals surface area contributed by atoms with Crippen molar-refractivity contribution in [3.8, 4) is 11.5 Å². The average molecular weight is 391 g/mol. The van der Waals surface area contributed by atoms with E-state index in [1.807, 2.05) is 0 Å². The number of amides is 1. The van der Waals surface area contributed by atoms with Gasteiger partial charge in [-0.1, -0.05) is 17.7 Å². The van der Waals surface area contributed by atoms with Gasteiger partial charge in [0.2, 0.25) is 0 Å². The molecule has 2 aromatic rings. The topological polar surface area (TPSA) is 86.2 Å². The van der Waals surface area contributed by atoms with Crippen LogP contribution in [0.5, 0.6) is 11.5 Å². The number of hydrazone groups is 1. The molecule has 0 radical (unpaired) electrons. The van der Waals surface area contributed by atoms with Crippen molar-refractivity contribution in [1.29, 1.82) is 0 Å². The van der Waals surface area contributed by atoms with E-state index in [0.29, 0.717) is 27.6 Å². The Bertz CT molecular complexity index is 839. The molecule has 27 heavy (non-hydrogen) atoms. The van der Waals surface area contributed by atoms with Crippen LogP contribution in [0.3, 0.4) is 0 Å². The van der Waals surface area contributed by atoms with Gasteiger partial charge in [-0.15, -0.1) is 0 Å². The highest BCUT2D eigenvalue weighted by Crippen LogP contribution is 2.27. The number of hydrogen-bond acceptors (Lipinski definition) is 6. The van der Waals surface area contributed by atoms with Crippen LogP contribution >= 0.6 is 11.6 Å². The Morgan fingerprint density at radius 3 is 2.70 bits per heavy atom. The van der Waals surface area contributed by atoms with Crippen LogP contribution in [0, 0.1) is 0 Å². The van der Waals surface area contributed by atoms with Crippen LogP contribution in [-0.2, 0) is 9.53 Å². The molecular formula is C19H19ClN2O5. The van der Waals surface area contributed by atoms with Crippen molar-refractivity contribution >= 4 is 29.7 Å². The number of ether oxygens (including phenoxy) is 3. The predicted octanol–water partition coefficient (Wildman–Crippen LogP) is 3.05. The Hall–Kier alpha value is -3.06.